The molecule has 1 aliphatic heterocycles. The highest BCUT2D eigenvalue weighted by Crippen LogP contribution is 2.27. The van der Waals surface area contributed by atoms with E-state index in [1.165, 1.54) is 18.2 Å². The zero-order valence-electron chi connectivity index (χ0n) is 19.7. The molecule has 1 fully saturated rings. The van der Waals surface area contributed by atoms with Crippen molar-refractivity contribution in [2.75, 3.05) is 46.1 Å². The van der Waals surface area contributed by atoms with Crippen LogP contribution in [0.2, 0.25) is 0 Å². The Hall–Kier alpha value is -2.61. The van der Waals surface area contributed by atoms with Gasteiger partial charge in [-0.15, -0.1) is 0 Å². The van der Waals surface area contributed by atoms with Crippen molar-refractivity contribution >= 4 is 12.0 Å². The summed E-state index contributed by atoms with van der Waals surface area (Å²) < 4.78 is 29.6. The van der Waals surface area contributed by atoms with Crippen molar-refractivity contribution in [3.63, 3.8) is 0 Å². The number of nitrogens with one attached hydrogen (secondary N) is 1. The van der Waals surface area contributed by atoms with Crippen LogP contribution in [0.25, 0.3) is 0 Å². The Kier molecular flexibility index (Phi) is 13.1. The third-order valence-corrected chi connectivity index (χ3v) is 4.82. The van der Waals surface area contributed by atoms with Crippen LogP contribution in [-0.4, -0.2) is 63.0 Å². The number of amides is 2. The maximum absolute atomic E-state index is 13.4. The van der Waals surface area contributed by atoms with Gasteiger partial charge in [0, 0.05) is 31.6 Å². The molecule has 2 amide bonds. The molecule has 180 valence electrons. The van der Waals surface area contributed by atoms with E-state index in [0.717, 1.165) is 12.0 Å². The Bertz CT molecular complexity index is 726. The third-order valence-electron chi connectivity index (χ3n) is 4.82. The molecule has 0 bridgehead atoms. The topological polar surface area (TPSA) is 77.1 Å². The summed E-state index contributed by atoms with van der Waals surface area (Å²) in [6, 6.07) is 4.53. The van der Waals surface area contributed by atoms with Crippen LogP contribution in [0.5, 0.6) is 5.75 Å². The Morgan fingerprint density at radius 3 is 2.72 bits per heavy atom. The van der Waals surface area contributed by atoms with E-state index in [4.69, 9.17) is 14.2 Å². The van der Waals surface area contributed by atoms with E-state index in [-0.39, 0.29) is 36.8 Å². The molecule has 1 aliphatic rings. The van der Waals surface area contributed by atoms with Crippen LogP contribution in [0.1, 0.15) is 45.6 Å². The Morgan fingerprint density at radius 2 is 2.03 bits per heavy atom. The molecular formula is C24H37FN2O5. The summed E-state index contributed by atoms with van der Waals surface area (Å²) in [6.45, 7) is 14.2. The average molecular weight is 453 g/mol. The summed E-state index contributed by atoms with van der Waals surface area (Å²) in [5.41, 5.74) is 0.944. The van der Waals surface area contributed by atoms with E-state index in [0.29, 0.717) is 38.6 Å². The molecule has 1 heterocycles. The first-order valence-electron chi connectivity index (χ1n) is 11.2. The fourth-order valence-electron chi connectivity index (χ4n) is 3.19. The molecule has 2 rings (SSSR count). The smallest absolute Gasteiger partial charge is 0.407 e. The molecule has 1 atom stereocenters. The number of likely N-dealkylation sites (tertiary alicyclic amines) is 1. The van der Waals surface area contributed by atoms with Gasteiger partial charge in [-0.2, -0.15) is 0 Å². The predicted molar refractivity (Wildman–Crippen MR) is 122 cm³/mol. The van der Waals surface area contributed by atoms with Crippen molar-refractivity contribution in [3.05, 3.63) is 42.2 Å². The van der Waals surface area contributed by atoms with Gasteiger partial charge in [-0.25, -0.2) is 9.18 Å². The number of benzene rings is 1. The lowest BCUT2D eigenvalue weighted by atomic mass is 10.0. The highest BCUT2D eigenvalue weighted by atomic mass is 19.1. The minimum atomic E-state index is -0.510. The highest BCUT2D eigenvalue weighted by Gasteiger charge is 2.25. The summed E-state index contributed by atoms with van der Waals surface area (Å²) in [7, 11) is 0. The van der Waals surface area contributed by atoms with Crippen LogP contribution < -0.4 is 10.1 Å². The van der Waals surface area contributed by atoms with Gasteiger partial charge in [-0.05, 0) is 30.0 Å². The minimum Gasteiger partial charge on any atom is -0.491 e. The number of ether oxygens (including phenoxy) is 3. The van der Waals surface area contributed by atoms with Gasteiger partial charge in [-0.1, -0.05) is 40.3 Å². The first kappa shape index (κ1) is 27.4. The third kappa shape index (κ3) is 9.68. The van der Waals surface area contributed by atoms with E-state index in [9.17, 15) is 14.0 Å². The predicted octanol–water partition coefficient (Wildman–Crippen LogP) is 4.13. The van der Waals surface area contributed by atoms with E-state index >= 15 is 0 Å². The summed E-state index contributed by atoms with van der Waals surface area (Å²) in [4.78, 5) is 25.0. The van der Waals surface area contributed by atoms with Crippen LogP contribution in [0.15, 0.2) is 30.9 Å². The second-order valence-corrected chi connectivity index (χ2v) is 7.47. The van der Waals surface area contributed by atoms with Crippen molar-refractivity contribution < 1.29 is 28.2 Å². The normalized spacial score (nSPS) is 15.1. The van der Waals surface area contributed by atoms with Crippen LogP contribution in [0, 0.1) is 11.7 Å². The number of hydrogen-bond acceptors (Lipinski definition) is 5. The Labute approximate surface area is 190 Å². The van der Waals surface area contributed by atoms with Crippen LogP contribution in [-0.2, 0) is 14.3 Å². The van der Waals surface area contributed by atoms with Gasteiger partial charge in [-0.3, -0.25) is 4.79 Å². The molecule has 1 unspecified atom stereocenters. The maximum atomic E-state index is 13.4. The van der Waals surface area contributed by atoms with Crippen molar-refractivity contribution in [2.45, 2.75) is 40.0 Å². The van der Waals surface area contributed by atoms with Crippen molar-refractivity contribution in [1.29, 1.82) is 0 Å². The van der Waals surface area contributed by atoms with E-state index in [1.54, 1.807) is 11.0 Å². The number of carbonyl (C=O) groups is 2. The van der Waals surface area contributed by atoms with Crippen LogP contribution in [0.4, 0.5) is 9.18 Å². The molecule has 1 aromatic rings. The number of halogens is 1. The molecule has 1 N–H and O–H groups in total. The van der Waals surface area contributed by atoms with E-state index in [1.807, 2.05) is 27.7 Å². The Balaban J connectivity index is 0.00000249. The lowest BCUT2D eigenvalue weighted by molar-refractivity contribution is -0.125. The zero-order valence-corrected chi connectivity index (χ0v) is 19.7. The first-order valence-corrected chi connectivity index (χ1v) is 11.2. The van der Waals surface area contributed by atoms with Gasteiger partial charge < -0.3 is 24.4 Å². The fraction of sp³-hybridized carbons (Fsp3) is 0.583. The molecule has 1 aromatic carbocycles. The molecule has 1 saturated heterocycles. The standard InChI is InChI=1S/C22H31FN2O5.C2H6/c1-4-21(26)25-9-7-17(14-25)15-30-22(27)24-8-10-28-11-12-29-20-13-18(23)5-6-19(20)16(2)3;1-2/h4-6,13,16-17H,1,7-12,14-15H2,2-3H3,(H,24,27);1-2H3. The van der Waals surface area contributed by atoms with Crippen molar-refractivity contribution in [2.24, 2.45) is 5.92 Å². The molecule has 0 radical (unpaired) electrons. The highest BCUT2D eigenvalue weighted by molar-refractivity contribution is 5.87. The van der Waals surface area contributed by atoms with Gasteiger partial charge in [0.2, 0.25) is 5.91 Å². The van der Waals surface area contributed by atoms with E-state index < -0.39 is 6.09 Å². The monoisotopic (exact) mass is 452 g/mol. The number of nitrogens with zero attached hydrogens (tertiary/aromatic N) is 1. The molecule has 0 aromatic heterocycles. The maximum Gasteiger partial charge on any atom is 0.407 e. The summed E-state index contributed by atoms with van der Waals surface area (Å²) in [6.07, 6.45) is 1.59. The van der Waals surface area contributed by atoms with Crippen LogP contribution in [0.3, 0.4) is 0 Å². The van der Waals surface area contributed by atoms with Gasteiger partial charge >= 0.3 is 6.09 Å². The lowest BCUT2D eigenvalue weighted by Crippen LogP contribution is -2.31. The molecule has 0 spiro atoms. The summed E-state index contributed by atoms with van der Waals surface area (Å²) >= 11 is 0. The second kappa shape index (κ2) is 15.2. The minimum absolute atomic E-state index is 0.0964. The molecule has 7 nitrogen and oxygen atoms in total. The van der Waals surface area contributed by atoms with E-state index in [2.05, 4.69) is 11.9 Å². The second-order valence-electron chi connectivity index (χ2n) is 7.47. The largest absolute Gasteiger partial charge is 0.491 e. The number of hydrogen-bond donors (Lipinski definition) is 1. The van der Waals surface area contributed by atoms with Gasteiger partial charge in [0.05, 0.1) is 19.8 Å². The number of carbonyl (C=O) groups excluding carboxylic acids is 2. The fourth-order valence-corrected chi connectivity index (χ4v) is 3.19. The summed E-state index contributed by atoms with van der Waals surface area (Å²) in [5.74, 6) is 0.463. The zero-order chi connectivity index (χ0) is 23.9. The first-order chi connectivity index (χ1) is 15.4. The molecule has 0 aliphatic carbocycles. The van der Waals surface area contributed by atoms with Gasteiger partial charge in [0.15, 0.2) is 0 Å². The molecular weight excluding hydrogens is 415 g/mol. The van der Waals surface area contributed by atoms with Crippen LogP contribution >= 0.6 is 0 Å². The Morgan fingerprint density at radius 1 is 1.28 bits per heavy atom. The molecule has 0 saturated carbocycles. The molecule has 32 heavy (non-hydrogen) atoms. The van der Waals surface area contributed by atoms with Crippen molar-refractivity contribution in [3.8, 4) is 5.75 Å². The lowest BCUT2D eigenvalue weighted by Gasteiger charge is -2.15. The van der Waals surface area contributed by atoms with Gasteiger partial charge in [0.1, 0.15) is 18.2 Å². The quantitative estimate of drug-likeness (QED) is 0.404. The molecule has 8 heteroatoms. The SMILES string of the molecule is C=CC(=O)N1CCC(COC(=O)NCCOCCOc2cc(F)ccc2C(C)C)C1.CC. The summed E-state index contributed by atoms with van der Waals surface area (Å²) in [5, 5.41) is 2.62. The van der Waals surface area contributed by atoms with Crippen molar-refractivity contribution in [1.82, 2.24) is 10.2 Å². The number of alkyl carbamates (subject to hydrolysis) is 1. The van der Waals surface area contributed by atoms with Gasteiger partial charge in [0.25, 0.3) is 0 Å². The average Bonchev–Trinajstić information content (AvgIpc) is 3.27. The number of rotatable bonds is 11.